The molecule has 0 aromatic carbocycles. The van der Waals surface area contributed by atoms with Crippen LogP contribution in [0, 0.1) is 5.92 Å². The van der Waals surface area contributed by atoms with Gasteiger partial charge in [0.05, 0.1) is 4.88 Å². The standard InChI is InChI=1S/C15H20N2O3S2/c1-10(2)9-11-5-6-12(21-11)13-16-14(17-20-13)15(7-4-8-15)22(3,18)19/h5-6,10H,4,7-9H2,1-3H3. The van der Waals surface area contributed by atoms with Gasteiger partial charge in [-0.25, -0.2) is 8.42 Å². The predicted molar refractivity (Wildman–Crippen MR) is 86.5 cm³/mol. The van der Waals surface area contributed by atoms with Gasteiger partial charge in [0.1, 0.15) is 4.75 Å². The van der Waals surface area contributed by atoms with Gasteiger partial charge < -0.3 is 4.52 Å². The number of thiophene rings is 1. The van der Waals surface area contributed by atoms with Gasteiger partial charge in [0.15, 0.2) is 15.7 Å². The van der Waals surface area contributed by atoms with Crippen molar-refractivity contribution in [1.29, 1.82) is 0 Å². The molecular weight excluding hydrogens is 320 g/mol. The van der Waals surface area contributed by atoms with Crippen LogP contribution in [0.4, 0.5) is 0 Å². The number of rotatable bonds is 5. The van der Waals surface area contributed by atoms with Crippen LogP contribution in [-0.4, -0.2) is 24.8 Å². The molecule has 0 N–H and O–H groups in total. The minimum Gasteiger partial charge on any atom is -0.333 e. The molecule has 1 aliphatic carbocycles. The normalized spacial score (nSPS) is 17.6. The third kappa shape index (κ3) is 2.60. The minimum atomic E-state index is -3.24. The Morgan fingerprint density at radius 2 is 2.09 bits per heavy atom. The lowest BCUT2D eigenvalue weighted by Crippen LogP contribution is -2.42. The molecular formula is C15H20N2O3S2. The second-order valence-corrected chi connectivity index (χ2v) is 9.90. The molecule has 0 bridgehead atoms. The SMILES string of the molecule is CC(C)Cc1ccc(-c2nc(C3(S(C)(=O)=O)CCC3)no2)s1. The van der Waals surface area contributed by atoms with Gasteiger partial charge in [-0.05, 0) is 43.7 Å². The van der Waals surface area contributed by atoms with Gasteiger partial charge >= 0.3 is 0 Å². The smallest absolute Gasteiger partial charge is 0.268 e. The van der Waals surface area contributed by atoms with Gasteiger partial charge in [-0.3, -0.25) is 0 Å². The fourth-order valence-electron chi connectivity index (χ4n) is 2.77. The average Bonchev–Trinajstić information content (AvgIpc) is 2.93. The summed E-state index contributed by atoms with van der Waals surface area (Å²) in [7, 11) is -3.24. The van der Waals surface area contributed by atoms with Crippen molar-refractivity contribution in [3.8, 4) is 10.8 Å². The number of nitrogens with zero attached hydrogens (tertiary/aromatic N) is 2. The van der Waals surface area contributed by atoms with E-state index in [2.05, 4.69) is 30.1 Å². The van der Waals surface area contributed by atoms with Crippen molar-refractivity contribution in [2.75, 3.05) is 6.26 Å². The highest BCUT2D eigenvalue weighted by atomic mass is 32.2. The maximum absolute atomic E-state index is 12.1. The van der Waals surface area contributed by atoms with E-state index in [0.29, 0.717) is 30.5 Å². The summed E-state index contributed by atoms with van der Waals surface area (Å²) in [6, 6.07) is 4.03. The Morgan fingerprint density at radius 3 is 2.64 bits per heavy atom. The second-order valence-electron chi connectivity index (χ2n) is 6.41. The molecule has 0 aliphatic heterocycles. The first kappa shape index (κ1) is 15.7. The summed E-state index contributed by atoms with van der Waals surface area (Å²) < 4.78 is 28.6. The van der Waals surface area contributed by atoms with Crippen molar-refractivity contribution >= 4 is 21.2 Å². The van der Waals surface area contributed by atoms with Crippen LogP contribution >= 0.6 is 11.3 Å². The molecule has 2 heterocycles. The molecule has 0 atom stereocenters. The van der Waals surface area contributed by atoms with E-state index in [1.807, 2.05) is 6.07 Å². The predicted octanol–water partition coefficient (Wildman–Crippen LogP) is 3.42. The third-order valence-electron chi connectivity index (χ3n) is 4.19. The van der Waals surface area contributed by atoms with Crippen LogP contribution in [-0.2, 0) is 21.0 Å². The Kier molecular flexibility index (Phi) is 3.89. The fraction of sp³-hybridized carbons (Fsp3) is 0.600. The van der Waals surface area contributed by atoms with Crippen LogP contribution in [0.3, 0.4) is 0 Å². The van der Waals surface area contributed by atoms with Crippen LogP contribution in [0.25, 0.3) is 10.8 Å². The highest BCUT2D eigenvalue weighted by Gasteiger charge is 2.51. The van der Waals surface area contributed by atoms with Gasteiger partial charge in [-0.15, -0.1) is 11.3 Å². The molecule has 2 aromatic heterocycles. The molecule has 3 rings (SSSR count). The summed E-state index contributed by atoms with van der Waals surface area (Å²) in [6.45, 7) is 4.35. The van der Waals surface area contributed by atoms with E-state index >= 15 is 0 Å². The molecule has 7 heteroatoms. The summed E-state index contributed by atoms with van der Waals surface area (Å²) in [5, 5.41) is 3.96. The quantitative estimate of drug-likeness (QED) is 0.834. The summed E-state index contributed by atoms with van der Waals surface area (Å²) in [5.41, 5.74) is 0. The van der Waals surface area contributed by atoms with Crippen LogP contribution in [0.2, 0.25) is 0 Å². The van der Waals surface area contributed by atoms with Crippen molar-refractivity contribution in [3.05, 3.63) is 22.8 Å². The molecule has 0 unspecified atom stereocenters. The van der Waals surface area contributed by atoms with E-state index in [0.717, 1.165) is 17.7 Å². The van der Waals surface area contributed by atoms with Crippen molar-refractivity contribution in [1.82, 2.24) is 10.1 Å². The molecule has 0 amide bonds. The highest BCUT2D eigenvalue weighted by Crippen LogP contribution is 2.47. The Labute approximate surface area is 134 Å². The lowest BCUT2D eigenvalue weighted by molar-refractivity contribution is 0.314. The molecule has 1 saturated carbocycles. The number of hydrogen-bond acceptors (Lipinski definition) is 6. The Balaban J connectivity index is 1.89. The summed E-state index contributed by atoms with van der Waals surface area (Å²) >= 11 is 1.63. The van der Waals surface area contributed by atoms with Crippen molar-refractivity contribution < 1.29 is 12.9 Å². The summed E-state index contributed by atoms with van der Waals surface area (Å²) in [4.78, 5) is 6.56. The number of aromatic nitrogens is 2. The minimum absolute atomic E-state index is 0.315. The molecule has 0 saturated heterocycles. The first-order valence-electron chi connectivity index (χ1n) is 7.45. The molecule has 22 heavy (non-hydrogen) atoms. The maximum atomic E-state index is 12.1. The largest absolute Gasteiger partial charge is 0.333 e. The van der Waals surface area contributed by atoms with E-state index in [-0.39, 0.29) is 0 Å². The third-order valence-corrected chi connectivity index (χ3v) is 7.29. The molecule has 1 aliphatic rings. The molecule has 0 radical (unpaired) electrons. The van der Waals surface area contributed by atoms with Crippen LogP contribution < -0.4 is 0 Å². The van der Waals surface area contributed by atoms with Gasteiger partial charge in [-0.2, -0.15) is 4.98 Å². The van der Waals surface area contributed by atoms with Gasteiger partial charge in [-0.1, -0.05) is 19.0 Å². The van der Waals surface area contributed by atoms with Gasteiger partial charge in [0, 0.05) is 11.1 Å². The monoisotopic (exact) mass is 340 g/mol. The molecule has 1 fully saturated rings. The number of hydrogen-bond donors (Lipinski definition) is 0. The van der Waals surface area contributed by atoms with E-state index in [4.69, 9.17) is 4.52 Å². The van der Waals surface area contributed by atoms with Crippen molar-refractivity contribution in [2.45, 2.75) is 44.3 Å². The van der Waals surface area contributed by atoms with Crippen LogP contribution in [0.5, 0.6) is 0 Å². The Morgan fingerprint density at radius 1 is 1.36 bits per heavy atom. The first-order chi connectivity index (χ1) is 10.3. The van der Waals surface area contributed by atoms with E-state index in [1.54, 1.807) is 11.3 Å². The molecule has 5 nitrogen and oxygen atoms in total. The first-order valence-corrected chi connectivity index (χ1v) is 10.2. The Bertz CT molecular complexity index is 770. The average molecular weight is 340 g/mol. The van der Waals surface area contributed by atoms with Crippen molar-refractivity contribution in [2.24, 2.45) is 5.92 Å². The zero-order valence-electron chi connectivity index (χ0n) is 13.0. The molecule has 2 aromatic rings. The lowest BCUT2D eigenvalue weighted by atomic mass is 9.83. The van der Waals surface area contributed by atoms with Crippen LogP contribution in [0.15, 0.2) is 16.7 Å². The van der Waals surface area contributed by atoms with Gasteiger partial charge in [0.2, 0.25) is 0 Å². The lowest BCUT2D eigenvalue weighted by Gasteiger charge is -2.36. The zero-order chi connectivity index (χ0) is 16.0. The molecule has 0 spiro atoms. The van der Waals surface area contributed by atoms with Crippen molar-refractivity contribution in [3.63, 3.8) is 0 Å². The van der Waals surface area contributed by atoms with E-state index < -0.39 is 14.6 Å². The maximum Gasteiger partial charge on any atom is 0.268 e. The fourth-order valence-corrected chi connectivity index (χ4v) is 5.36. The summed E-state index contributed by atoms with van der Waals surface area (Å²) in [6.07, 6.45) is 4.31. The summed E-state index contributed by atoms with van der Waals surface area (Å²) in [5.74, 6) is 1.33. The number of sulfone groups is 1. The van der Waals surface area contributed by atoms with Crippen LogP contribution in [0.1, 0.15) is 43.8 Å². The van der Waals surface area contributed by atoms with E-state index in [9.17, 15) is 8.42 Å². The second kappa shape index (κ2) is 5.45. The Hall–Kier alpha value is -1.21. The zero-order valence-corrected chi connectivity index (χ0v) is 14.6. The topological polar surface area (TPSA) is 73.1 Å². The van der Waals surface area contributed by atoms with Gasteiger partial charge in [0.25, 0.3) is 5.89 Å². The molecule has 120 valence electrons. The highest BCUT2D eigenvalue weighted by molar-refractivity contribution is 7.91. The van der Waals surface area contributed by atoms with E-state index in [1.165, 1.54) is 11.1 Å².